The lowest BCUT2D eigenvalue weighted by molar-refractivity contribution is -0.195. The third kappa shape index (κ3) is 5.82. The van der Waals surface area contributed by atoms with Gasteiger partial charge in [-0.25, -0.2) is 9.59 Å². The summed E-state index contributed by atoms with van der Waals surface area (Å²) >= 11 is 0. The van der Waals surface area contributed by atoms with Gasteiger partial charge in [0.15, 0.2) is 5.60 Å². The molecule has 1 N–H and O–H groups in total. The molecule has 0 bridgehead atoms. The Kier molecular flexibility index (Phi) is 8.59. The third-order valence-electron chi connectivity index (χ3n) is 4.56. The number of hydrogen-bond acceptors (Lipinski definition) is 6. The van der Waals surface area contributed by atoms with E-state index in [1.165, 1.54) is 19.1 Å². The SMILES string of the molecule is C=CC[C@](O)(C[C@@H](C(=O)OC)N(C(=O)C(F)(F)F)[C@H](C)c1ccccc1)C(=O)OC. The second kappa shape index (κ2) is 10.2. The molecule has 0 radical (unpaired) electrons. The van der Waals surface area contributed by atoms with Crippen LogP contribution in [0.3, 0.4) is 0 Å². The number of methoxy groups -OCH3 is 2. The molecule has 0 aliphatic heterocycles. The van der Waals surface area contributed by atoms with Crippen molar-refractivity contribution in [3.8, 4) is 0 Å². The van der Waals surface area contributed by atoms with Crippen molar-refractivity contribution in [3.05, 3.63) is 48.6 Å². The Balaban J connectivity index is 3.57. The summed E-state index contributed by atoms with van der Waals surface area (Å²) in [5.74, 6) is -4.75. The zero-order valence-corrected chi connectivity index (χ0v) is 16.8. The molecular weight excluding hydrogens is 407 g/mol. The molecule has 0 fully saturated rings. The topological polar surface area (TPSA) is 93.1 Å². The zero-order chi connectivity index (χ0) is 23.1. The van der Waals surface area contributed by atoms with E-state index in [4.69, 9.17) is 0 Å². The Bertz CT molecular complexity index is 768. The molecule has 3 atom stereocenters. The minimum absolute atomic E-state index is 0.262. The Morgan fingerprint density at radius 2 is 1.73 bits per heavy atom. The van der Waals surface area contributed by atoms with E-state index in [2.05, 4.69) is 16.1 Å². The van der Waals surface area contributed by atoms with Gasteiger partial charge in [0.2, 0.25) is 0 Å². The number of aliphatic hydroxyl groups is 1. The third-order valence-corrected chi connectivity index (χ3v) is 4.56. The highest BCUT2D eigenvalue weighted by Gasteiger charge is 2.51. The molecule has 0 spiro atoms. The molecule has 0 aliphatic carbocycles. The van der Waals surface area contributed by atoms with Gasteiger partial charge in [-0.05, 0) is 12.5 Å². The molecule has 0 heterocycles. The average Bonchev–Trinajstić information content (AvgIpc) is 2.71. The summed E-state index contributed by atoms with van der Waals surface area (Å²) < 4.78 is 49.3. The fraction of sp³-hybridized carbons (Fsp3) is 0.450. The predicted molar refractivity (Wildman–Crippen MR) is 100.0 cm³/mol. The van der Waals surface area contributed by atoms with Gasteiger partial charge >= 0.3 is 24.0 Å². The molecule has 1 aromatic rings. The number of halogens is 3. The first kappa shape index (κ1) is 25.2. The van der Waals surface area contributed by atoms with Crippen LogP contribution < -0.4 is 0 Å². The van der Waals surface area contributed by atoms with Crippen molar-refractivity contribution >= 4 is 17.8 Å². The van der Waals surface area contributed by atoms with Crippen molar-refractivity contribution in [2.45, 2.75) is 43.6 Å². The van der Waals surface area contributed by atoms with Gasteiger partial charge in [0.25, 0.3) is 0 Å². The maximum Gasteiger partial charge on any atom is 0.471 e. The minimum Gasteiger partial charge on any atom is -0.467 e. The summed E-state index contributed by atoms with van der Waals surface area (Å²) in [6, 6.07) is 4.51. The van der Waals surface area contributed by atoms with Gasteiger partial charge in [0, 0.05) is 12.8 Å². The summed E-state index contributed by atoms with van der Waals surface area (Å²) in [5.41, 5.74) is -2.11. The van der Waals surface area contributed by atoms with Crippen molar-refractivity contribution in [3.63, 3.8) is 0 Å². The fourth-order valence-electron chi connectivity index (χ4n) is 3.06. The van der Waals surface area contributed by atoms with Crippen LogP contribution in [-0.4, -0.2) is 59.9 Å². The Morgan fingerprint density at radius 1 is 1.17 bits per heavy atom. The normalized spacial score (nSPS) is 15.3. The van der Waals surface area contributed by atoms with Crippen molar-refractivity contribution < 1.29 is 42.1 Å². The van der Waals surface area contributed by atoms with E-state index in [0.29, 0.717) is 5.56 Å². The molecule has 0 unspecified atom stereocenters. The number of benzene rings is 1. The van der Waals surface area contributed by atoms with Gasteiger partial charge in [-0.1, -0.05) is 36.4 Å². The van der Waals surface area contributed by atoms with E-state index in [-0.39, 0.29) is 4.90 Å². The van der Waals surface area contributed by atoms with Crippen LogP contribution in [0.25, 0.3) is 0 Å². The number of nitrogens with zero attached hydrogens (tertiary/aromatic N) is 1. The number of alkyl halides is 3. The van der Waals surface area contributed by atoms with Gasteiger partial charge in [-0.2, -0.15) is 13.2 Å². The van der Waals surface area contributed by atoms with E-state index in [1.54, 1.807) is 18.2 Å². The average molecular weight is 431 g/mol. The van der Waals surface area contributed by atoms with E-state index >= 15 is 0 Å². The molecule has 0 saturated carbocycles. The van der Waals surface area contributed by atoms with Crippen LogP contribution in [0.4, 0.5) is 13.2 Å². The van der Waals surface area contributed by atoms with Crippen LogP contribution in [0.2, 0.25) is 0 Å². The molecule has 0 saturated heterocycles. The number of carbonyl (C=O) groups is 3. The number of rotatable bonds is 9. The smallest absolute Gasteiger partial charge is 0.467 e. The van der Waals surface area contributed by atoms with E-state index < -0.39 is 54.5 Å². The summed E-state index contributed by atoms with van der Waals surface area (Å²) in [6.07, 6.45) is -5.50. The zero-order valence-electron chi connectivity index (χ0n) is 16.8. The Hall–Kier alpha value is -2.88. The molecule has 10 heteroatoms. The van der Waals surface area contributed by atoms with Gasteiger partial charge in [0.05, 0.1) is 20.3 Å². The highest BCUT2D eigenvalue weighted by atomic mass is 19.4. The maximum absolute atomic E-state index is 13.4. The first-order valence-corrected chi connectivity index (χ1v) is 8.86. The van der Waals surface area contributed by atoms with Crippen molar-refractivity contribution in [2.24, 2.45) is 0 Å². The van der Waals surface area contributed by atoms with E-state index in [9.17, 15) is 32.7 Å². The van der Waals surface area contributed by atoms with Gasteiger partial charge in [-0.15, -0.1) is 6.58 Å². The number of carbonyl (C=O) groups excluding carboxylic acids is 3. The first-order chi connectivity index (χ1) is 13.9. The standard InChI is InChI=1S/C20H24F3NO6/c1-5-11-19(28,18(27)30-4)12-15(16(25)29-3)24(17(26)20(21,22)23)13(2)14-9-7-6-8-10-14/h5-10,13,15,28H,1,11-12H2,2-4H3/t13-,15+,19+/m1/s1. The lowest BCUT2D eigenvalue weighted by Gasteiger charge is -2.38. The molecule has 1 amide bonds. The first-order valence-electron chi connectivity index (χ1n) is 8.86. The largest absolute Gasteiger partial charge is 0.471 e. The Labute approximate surface area is 172 Å². The second-order valence-electron chi connectivity index (χ2n) is 6.56. The quantitative estimate of drug-likeness (QED) is 0.477. The molecule has 0 aromatic heterocycles. The maximum atomic E-state index is 13.4. The lowest BCUT2D eigenvalue weighted by Crippen LogP contribution is -2.56. The lowest BCUT2D eigenvalue weighted by atomic mass is 9.89. The van der Waals surface area contributed by atoms with Crippen LogP contribution in [0.1, 0.15) is 31.4 Å². The van der Waals surface area contributed by atoms with E-state index in [1.807, 2.05) is 0 Å². The monoisotopic (exact) mass is 431 g/mol. The summed E-state index contributed by atoms with van der Waals surface area (Å²) in [6.45, 7) is 4.68. The molecule has 166 valence electrons. The summed E-state index contributed by atoms with van der Waals surface area (Å²) in [7, 11) is 1.89. The van der Waals surface area contributed by atoms with Crippen LogP contribution >= 0.6 is 0 Å². The summed E-state index contributed by atoms with van der Waals surface area (Å²) in [4.78, 5) is 37.1. The van der Waals surface area contributed by atoms with Gasteiger partial charge in [-0.3, -0.25) is 4.79 Å². The number of amides is 1. The number of ether oxygens (including phenoxy) is 2. The molecule has 7 nitrogen and oxygen atoms in total. The molecular formula is C20H24F3NO6. The highest BCUT2D eigenvalue weighted by Crippen LogP contribution is 2.33. The van der Waals surface area contributed by atoms with Crippen LogP contribution in [0.5, 0.6) is 0 Å². The van der Waals surface area contributed by atoms with Crippen LogP contribution in [0, 0.1) is 0 Å². The fourth-order valence-corrected chi connectivity index (χ4v) is 3.06. The molecule has 30 heavy (non-hydrogen) atoms. The van der Waals surface area contributed by atoms with Crippen LogP contribution in [-0.2, 0) is 23.9 Å². The highest BCUT2D eigenvalue weighted by molar-refractivity contribution is 5.89. The van der Waals surface area contributed by atoms with Crippen molar-refractivity contribution in [1.29, 1.82) is 0 Å². The molecule has 0 aliphatic rings. The van der Waals surface area contributed by atoms with Gasteiger partial charge < -0.3 is 19.5 Å². The predicted octanol–water partition coefficient (Wildman–Crippen LogP) is 2.55. The summed E-state index contributed by atoms with van der Waals surface area (Å²) in [5, 5.41) is 10.7. The van der Waals surface area contributed by atoms with E-state index in [0.717, 1.165) is 20.3 Å². The number of hydrogen-bond donors (Lipinski definition) is 1. The minimum atomic E-state index is -5.32. The second-order valence-corrected chi connectivity index (χ2v) is 6.56. The van der Waals surface area contributed by atoms with Crippen molar-refractivity contribution in [1.82, 2.24) is 4.90 Å². The Morgan fingerprint density at radius 3 is 2.17 bits per heavy atom. The molecule has 1 aromatic carbocycles. The molecule has 1 rings (SSSR count). The number of esters is 2. The van der Waals surface area contributed by atoms with Crippen molar-refractivity contribution in [2.75, 3.05) is 14.2 Å². The van der Waals surface area contributed by atoms with Gasteiger partial charge in [0.1, 0.15) is 6.04 Å². The van der Waals surface area contributed by atoms with Crippen LogP contribution in [0.15, 0.2) is 43.0 Å².